The van der Waals surface area contributed by atoms with Crippen molar-refractivity contribution in [3.05, 3.63) is 62.3 Å². The van der Waals surface area contributed by atoms with Gasteiger partial charge in [0.2, 0.25) is 5.91 Å². The topological polar surface area (TPSA) is 42.0 Å². The quantitative estimate of drug-likeness (QED) is 0.619. The van der Waals surface area contributed by atoms with Gasteiger partial charge >= 0.3 is 0 Å². The summed E-state index contributed by atoms with van der Waals surface area (Å²) in [6.07, 6.45) is 3.20. The molecule has 0 saturated heterocycles. The van der Waals surface area contributed by atoms with Crippen LogP contribution in [0.2, 0.25) is 5.02 Å². The standard InChI is InChI=1S/C15H12ClIN2O/c1-10-13(17)7-8-14(18-10)19-15(20)9-4-11-2-5-12(16)6-3-11/h2-9H,1H3,(H,18,19,20)/b9-4+. The van der Waals surface area contributed by atoms with Gasteiger partial charge in [-0.3, -0.25) is 4.79 Å². The fraction of sp³-hybridized carbons (Fsp3) is 0.0667. The lowest BCUT2D eigenvalue weighted by atomic mass is 10.2. The van der Waals surface area contributed by atoms with E-state index in [1.165, 1.54) is 6.08 Å². The molecule has 0 aliphatic rings. The third-order valence-corrected chi connectivity index (χ3v) is 3.96. The number of hydrogen-bond acceptors (Lipinski definition) is 2. The van der Waals surface area contributed by atoms with E-state index in [9.17, 15) is 4.79 Å². The molecule has 0 radical (unpaired) electrons. The average Bonchev–Trinajstić information content (AvgIpc) is 2.42. The van der Waals surface area contributed by atoms with Crippen molar-refractivity contribution in [2.24, 2.45) is 0 Å². The molecule has 5 heteroatoms. The molecule has 0 unspecified atom stereocenters. The Balaban J connectivity index is 2.01. The van der Waals surface area contributed by atoms with E-state index in [0.717, 1.165) is 14.8 Å². The van der Waals surface area contributed by atoms with Crippen LogP contribution in [0.3, 0.4) is 0 Å². The van der Waals surface area contributed by atoms with Crippen LogP contribution in [0.15, 0.2) is 42.5 Å². The van der Waals surface area contributed by atoms with E-state index in [1.807, 2.05) is 25.1 Å². The Labute approximate surface area is 136 Å². The van der Waals surface area contributed by atoms with Crippen molar-refractivity contribution in [3.8, 4) is 0 Å². The van der Waals surface area contributed by atoms with E-state index in [4.69, 9.17) is 11.6 Å². The molecule has 20 heavy (non-hydrogen) atoms. The van der Waals surface area contributed by atoms with Crippen LogP contribution in [0.1, 0.15) is 11.3 Å². The number of aryl methyl sites for hydroxylation is 1. The molecule has 0 bridgehead atoms. The SMILES string of the molecule is Cc1nc(NC(=O)/C=C/c2ccc(Cl)cc2)ccc1I. The number of pyridine rings is 1. The van der Waals surface area contributed by atoms with Crippen molar-refractivity contribution in [2.75, 3.05) is 5.32 Å². The second kappa shape index (κ2) is 6.85. The molecular weight excluding hydrogens is 387 g/mol. The zero-order valence-corrected chi connectivity index (χ0v) is 13.6. The predicted molar refractivity (Wildman–Crippen MR) is 90.8 cm³/mol. The lowest BCUT2D eigenvalue weighted by Gasteiger charge is -2.03. The first kappa shape index (κ1) is 15.0. The van der Waals surface area contributed by atoms with Gasteiger partial charge in [-0.15, -0.1) is 0 Å². The summed E-state index contributed by atoms with van der Waals surface area (Å²) in [6, 6.07) is 11.0. The van der Waals surface area contributed by atoms with Gasteiger partial charge in [0, 0.05) is 14.7 Å². The molecule has 3 nitrogen and oxygen atoms in total. The second-order valence-electron chi connectivity index (χ2n) is 4.14. The van der Waals surface area contributed by atoms with Gasteiger partial charge < -0.3 is 5.32 Å². The first-order chi connectivity index (χ1) is 9.54. The van der Waals surface area contributed by atoms with Gasteiger partial charge in [0.15, 0.2) is 0 Å². The Bertz CT molecular complexity index is 653. The molecule has 1 heterocycles. The van der Waals surface area contributed by atoms with Gasteiger partial charge in [-0.2, -0.15) is 0 Å². The van der Waals surface area contributed by atoms with Crippen LogP contribution in [0, 0.1) is 10.5 Å². The van der Waals surface area contributed by atoms with Crippen LogP contribution in [0.4, 0.5) is 5.82 Å². The van der Waals surface area contributed by atoms with Crippen molar-refractivity contribution in [3.63, 3.8) is 0 Å². The number of carbonyl (C=O) groups excluding carboxylic acids is 1. The van der Waals surface area contributed by atoms with E-state index in [1.54, 1.807) is 24.3 Å². The first-order valence-electron chi connectivity index (χ1n) is 5.92. The molecule has 0 spiro atoms. The number of halogens is 2. The molecule has 0 aliphatic heterocycles. The van der Waals surface area contributed by atoms with E-state index < -0.39 is 0 Å². The monoisotopic (exact) mass is 398 g/mol. The fourth-order valence-electron chi connectivity index (χ4n) is 1.53. The third kappa shape index (κ3) is 4.31. The summed E-state index contributed by atoms with van der Waals surface area (Å²) in [4.78, 5) is 16.1. The normalized spacial score (nSPS) is 10.8. The highest BCUT2D eigenvalue weighted by molar-refractivity contribution is 14.1. The summed E-state index contributed by atoms with van der Waals surface area (Å²) >= 11 is 8.00. The number of anilines is 1. The predicted octanol–water partition coefficient (Wildman–Crippen LogP) is 4.30. The zero-order valence-electron chi connectivity index (χ0n) is 10.7. The number of aromatic nitrogens is 1. The summed E-state index contributed by atoms with van der Waals surface area (Å²) in [5.74, 6) is 0.335. The summed E-state index contributed by atoms with van der Waals surface area (Å²) in [5.41, 5.74) is 1.81. The van der Waals surface area contributed by atoms with Crippen molar-refractivity contribution >= 4 is 52.0 Å². The van der Waals surface area contributed by atoms with Crippen LogP contribution in [0.25, 0.3) is 6.08 Å². The zero-order chi connectivity index (χ0) is 14.5. The van der Waals surface area contributed by atoms with Gasteiger partial charge in [-0.1, -0.05) is 23.7 Å². The summed E-state index contributed by atoms with van der Waals surface area (Å²) in [5, 5.41) is 3.40. The van der Waals surface area contributed by atoms with Gasteiger partial charge in [0.05, 0.1) is 5.69 Å². The Morgan fingerprint density at radius 2 is 1.95 bits per heavy atom. The Morgan fingerprint density at radius 3 is 2.60 bits per heavy atom. The molecule has 0 aliphatic carbocycles. The van der Waals surface area contributed by atoms with Crippen molar-refractivity contribution in [1.29, 1.82) is 0 Å². The van der Waals surface area contributed by atoms with Crippen LogP contribution in [0.5, 0.6) is 0 Å². The second-order valence-corrected chi connectivity index (χ2v) is 5.74. The molecule has 1 aromatic heterocycles. The van der Waals surface area contributed by atoms with Crippen LogP contribution in [-0.4, -0.2) is 10.9 Å². The number of amides is 1. The van der Waals surface area contributed by atoms with Crippen molar-refractivity contribution in [2.45, 2.75) is 6.92 Å². The van der Waals surface area contributed by atoms with E-state index in [-0.39, 0.29) is 5.91 Å². The maximum absolute atomic E-state index is 11.8. The minimum atomic E-state index is -0.215. The molecule has 0 saturated carbocycles. The maximum Gasteiger partial charge on any atom is 0.249 e. The van der Waals surface area contributed by atoms with Crippen LogP contribution in [-0.2, 0) is 4.79 Å². The Morgan fingerprint density at radius 1 is 1.25 bits per heavy atom. The lowest BCUT2D eigenvalue weighted by Crippen LogP contribution is -2.09. The summed E-state index contributed by atoms with van der Waals surface area (Å²) in [6.45, 7) is 1.90. The molecule has 1 aromatic carbocycles. The van der Waals surface area contributed by atoms with Gasteiger partial charge in [0.1, 0.15) is 5.82 Å². The van der Waals surface area contributed by atoms with Gasteiger partial charge in [-0.05, 0) is 65.4 Å². The highest BCUT2D eigenvalue weighted by atomic mass is 127. The molecular formula is C15H12ClIN2O. The minimum Gasteiger partial charge on any atom is -0.307 e. The van der Waals surface area contributed by atoms with Gasteiger partial charge in [-0.25, -0.2) is 4.98 Å². The number of rotatable bonds is 3. The maximum atomic E-state index is 11.8. The number of nitrogens with zero attached hydrogens (tertiary/aromatic N) is 1. The molecule has 0 atom stereocenters. The number of hydrogen-bond donors (Lipinski definition) is 1. The average molecular weight is 399 g/mol. The molecule has 102 valence electrons. The van der Waals surface area contributed by atoms with E-state index in [0.29, 0.717) is 10.8 Å². The fourth-order valence-corrected chi connectivity index (χ4v) is 1.95. The lowest BCUT2D eigenvalue weighted by molar-refractivity contribution is -0.111. The smallest absolute Gasteiger partial charge is 0.249 e. The molecule has 2 rings (SSSR count). The van der Waals surface area contributed by atoms with Crippen molar-refractivity contribution < 1.29 is 4.79 Å². The van der Waals surface area contributed by atoms with Crippen LogP contribution < -0.4 is 5.32 Å². The van der Waals surface area contributed by atoms with Crippen LogP contribution >= 0.6 is 34.2 Å². The molecule has 1 N–H and O–H groups in total. The highest BCUT2D eigenvalue weighted by Crippen LogP contribution is 2.13. The third-order valence-electron chi connectivity index (χ3n) is 2.57. The first-order valence-corrected chi connectivity index (χ1v) is 7.38. The molecule has 0 fully saturated rings. The van der Waals surface area contributed by atoms with E-state index in [2.05, 4.69) is 32.9 Å². The van der Waals surface area contributed by atoms with Crippen molar-refractivity contribution in [1.82, 2.24) is 4.98 Å². The summed E-state index contributed by atoms with van der Waals surface area (Å²) in [7, 11) is 0. The molecule has 1 amide bonds. The van der Waals surface area contributed by atoms with E-state index >= 15 is 0 Å². The molecule has 2 aromatic rings. The minimum absolute atomic E-state index is 0.215. The van der Waals surface area contributed by atoms with Gasteiger partial charge in [0.25, 0.3) is 0 Å². The largest absolute Gasteiger partial charge is 0.307 e. The Hall–Kier alpha value is -1.40. The highest BCUT2D eigenvalue weighted by Gasteiger charge is 2.01. The number of benzene rings is 1. The summed E-state index contributed by atoms with van der Waals surface area (Å²) < 4.78 is 1.07. The number of carbonyl (C=O) groups is 1. The Kier molecular flexibility index (Phi) is 5.14. The number of nitrogens with one attached hydrogen (secondary N) is 1.